The second-order valence-electron chi connectivity index (χ2n) is 4.75. The molecule has 1 aromatic rings. The van der Waals surface area contributed by atoms with Gasteiger partial charge in [0, 0.05) is 29.7 Å². The van der Waals surface area contributed by atoms with Gasteiger partial charge in [-0.15, -0.1) is 0 Å². The van der Waals surface area contributed by atoms with E-state index in [9.17, 15) is 0 Å². The van der Waals surface area contributed by atoms with E-state index in [1.807, 2.05) is 6.07 Å². The molecule has 0 spiro atoms. The van der Waals surface area contributed by atoms with Crippen LogP contribution in [0.1, 0.15) is 19.4 Å². The van der Waals surface area contributed by atoms with Crippen molar-refractivity contribution in [1.82, 2.24) is 4.90 Å². The Balaban J connectivity index is 2.05. The maximum atomic E-state index is 6.18. The van der Waals surface area contributed by atoms with Crippen molar-refractivity contribution in [1.29, 1.82) is 0 Å². The predicted molar refractivity (Wildman–Crippen MR) is 64.6 cm³/mol. The van der Waals surface area contributed by atoms with Gasteiger partial charge in [-0.25, -0.2) is 0 Å². The molecule has 1 aromatic carbocycles. The Morgan fingerprint density at radius 1 is 1.27 bits per heavy atom. The number of nitrogens with zero attached hydrogens (tertiary/aromatic N) is 1. The lowest BCUT2D eigenvalue weighted by atomic mass is 9.95. The first-order chi connectivity index (χ1) is 7.08. The highest BCUT2D eigenvalue weighted by Crippen LogP contribution is 2.36. The minimum Gasteiger partial charge on any atom is -0.371 e. The molecule has 0 N–H and O–H groups in total. The second kappa shape index (κ2) is 3.90. The normalized spacial score (nSPS) is 19.1. The lowest BCUT2D eigenvalue weighted by Crippen LogP contribution is -2.23. The highest BCUT2D eigenvalue weighted by Gasteiger charge is 2.30. The van der Waals surface area contributed by atoms with E-state index in [-0.39, 0.29) is 5.41 Å². The SMILES string of the molecule is CC1(C)CN(Cc2ccccc2)C=C1Cl. The number of halogens is 1. The average Bonchev–Trinajstić information content (AvgIpc) is 2.42. The largest absolute Gasteiger partial charge is 0.371 e. The van der Waals surface area contributed by atoms with E-state index >= 15 is 0 Å². The first kappa shape index (κ1) is 10.6. The monoisotopic (exact) mass is 221 g/mol. The van der Waals surface area contributed by atoms with E-state index in [0.717, 1.165) is 18.1 Å². The first-order valence-electron chi connectivity index (χ1n) is 5.24. The van der Waals surface area contributed by atoms with Crippen LogP contribution >= 0.6 is 11.6 Å². The Labute approximate surface area is 96.4 Å². The summed E-state index contributed by atoms with van der Waals surface area (Å²) in [5, 5.41) is 0.957. The standard InChI is InChI=1S/C13H16ClN/c1-13(2)10-15(9-12(13)14)8-11-6-4-3-5-7-11/h3-7,9H,8,10H2,1-2H3. The molecule has 2 rings (SSSR count). The van der Waals surface area contributed by atoms with E-state index in [2.05, 4.69) is 49.2 Å². The van der Waals surface area contributed by atoms with Gasteiger partial charge in [0.15, 0.2) is 0 Å². The van der Waals surface area contributed by atoms with E-state index in [1.54, 1.807) is 0 Å². The van der Waals surface area contributed by atoms with Crippen LogP contribution in [-0.4, -0.2) is 11.4 Å². The van der Waals surface area contributed by atoms with Crippen molar-refractivity contribution >= 4 is 11.6 Å². The van der Waals surface area contributed by atoms with Crippen molar-refractivity contribution in [2.75, 3.05) is 6.54 Å². The van der Waals surface area contributed by atoms with Crippen molar-refractivity contribution in [3.8, 4) is 0 Å². The fraction of sp³-hybridized carbons (Fsp3) is 0.385. The Morgan fingerprint density at radius 3 is 2.47 bits per heavy atom. The number of hydrogen-bond donors (Lipinski definition) is 0. The number of benzene rings is 1. The molecule has 1 aliphatic heterocycles. The highest BCUT2D eigenvalue weighted by molar-refractivity contribution is 6.30. The molecule has 0 radical (unpaired) electrons. The lowest BCUT2D eigenvalue weighted by Gasteiger charge is -2.22. The van der Waals surface area contributed by atoms with Crippen LogP contribution in [-0.2, 0) is 6.54 Å². The first-order valence-corrected chi connectivity index (χ1v) is 5.61. The second-order valence-corrected chi connectivity index (χ2v) is 5.16. The number of rotatable bonds is 2. The van der Waals surface area contributed by atoms with Crippen LogP contribution in [0.3, 0.4) is 0 Å². The number of hydrogen-bond acceptors (Lipinski definition) is 1. The third kappa shape index (κ3) is 2.35. The third-order valence-electron chi connectivity index (χ3n) is 2.77. The van der Waals surface area contributed by atoms with Gasteiger partial charge in [-0.2, -0.15) is 0 Å². The average molecular weight is 222 g/mol. The molecule has 80 valence electrons. The zero-order valence-electron chi connectivity index (χ0n) is 9.20. The molecule has 0 fully saturated rings. The molecule has 0 amide bonds. The summed E-state index contributed by atoms with van der Waals surface area (Å²) in [5.41, 5.74) is 1.44. The van der Waals surface area contributed by atoms with Gasteiger partial charge in [-0.1, -0.05) is 55.8 Å². The molecular weight excluding hydrogens is 206 g/mol. The third-order valence-corrected chi connectivity index (χ3v) is 3.38. The summed E-state index contributed by atoms with van der Waals surface area (Å²) in [6, 6.07) is 10.5. The van der Waals surface area contributed by atoms with E-state index in [0.29, 0.717) is 0 Å². The van der Waals surface area contributed by atoms with E-state index in [4.69, 9.17) is 11.6 Å². The summed E-state index contributed by atoms with van der Waals surface area (Å²) in [7, 11) is 0. The van der Waals surface area contributed by atoms with Gasteiger partial charge in [-0.3, -0.25) is 0 Å². The fourth-order valence-corrected chi connectivity index (χ4v) is 2.08. The Bertz CT molecular complexity index is 367. The molecule has 0 saturated heterocycles. The molecule has 0 bridgehead atoms. The quantitative estimate of drug-likeness (QED) is 0.738. The minimum atomic E-state index is 0.107. The van der Waals surface area contributed by atoms with Crippen LogP contribution in [0.2, 0.25) is 0 Å². The molecule has 2 heteroatoms. The zero-order valence-corrected chi connectivity index (χ0v) is 9.96. The van der Waals surface area contributed by atoms with Gasteiger partial charge in [-0.05, 0) is 5.56 Å². The van der Waals surface area contributed by atoms with Crippen LogP contribution in [0, 0.1) is 5.41 Å². The highest BCUT2D eigenvalue weighted by atomic mass is 35.5. The van der Waals surface area contributed by atoms with Crippen LogP contribution in [0.25, 0.3) is 0 Å². The van der Waals surface area contributed by atoms with E-state index < -0.39 is 0 Å². The minimum absolute atomic E-state index is 0.107. The Kier molecular flexibility index (Phi) is 2.74. The molecule has 0 aliphatic carbocycles. The summed E-state index contributed by atoms with van der Waals surface area (Å²) in [6.45, 7) is 6.30. The van der Waals surface area contributed by atoms with Crippen LogP contribution < -0.4 is 0 Å². The molecule has 0 unspecified atom stereocenters. The molecule has 1 heterocycles. The van der Waals surface area contributed by atoms with Crippen LogP contribution in [0.15, 0.2) is 41.6 Å². The van der Waals surface area contributed by atoms with Crippen LogP contribution in [0.4, 0.5) is 0 Å². The summed E-state index contributed by atoms with van der Waals surface area (Å²) in [6.07, 6.45) is 2.06. The maximum Gasteiger partial charge on any atom is 0.0424 e. The van der Waals surface area contributed by atoms with Crippen molar-refractivity contribution < 1.29 is 0 Å². The van der Waals surface area contributed by atoms with Gasteiger partial charge in [0.2, 0.25) is 0 Å². The molecule has 0 saturated carbocycles. The van der Waals surface area contributed by atoms with Crippen molar-refractivity contribution in [3.05, 3.63) is 47.1 Å². The fourth-order valence-electron chi connectivity index (χ4n) is 1.88. The smallest absolute Gasteiger partial charge is 0.0424 e. The predicted octanol–water partition coefficient (Wildman–Crippen LogP) is 3.61. The molecule has 0 atom stereocenters. The maximum absolute atomic E-state index is 6.18. The van der Waals surface area contributed by atoms with Crippen molar-refractivity contribution in [2.24, 2.45) is 5.41 Å². The van der Waals surface area contributed by atoms with E-state index in [1.165, 1.54) is 5.56 Å². The van der Waals surface area contributed by atoms with Gasteiger partial charge in [0.1, 0.15) is 0 Å². The van der Waals surface area contributed by atoms with Crippen LogP contribution in [0.5, 0.6) is 0 Å². The van der Waals surface area contributed by atoms with Gasteiger partial charge in [0.25, 0.3) is 0 Å². The Morgan fingerprint density at radius 2 is 1.93 bits per heavy atom. The molecule has 0 aromatic heterocycles. The van der Waals surface area contributed by atoms with Crippen molar-refractivity contribution in [3.63, 3.8) is 0 Å². The topological polar surface area (TPSA) is 3.24 Å². The summed E-state index contributed by atoms with van der Waals surface area (Å²) in [4.78, 5) is 2.28. The molecule has 1 nitrogen and oxygen atoms in total. The summed E-state index contributed by atoms with van der Waals surface area (Å²) in [5.74, 6) is 0. The lowest BCUT2D eigenvalue weighted by molar-refractivity contribution is 0.309. The zero-order chi connectivity index (χ0) is 10.9. The van der Waals surface area contributed by atoms with Crippen molar-refractivity contribution in [2.45, 2.75) is 20.4 Å². The summed E-state index contributed by atoms with van der Waals surface area (Å²) >= 11 is 6.18. The van der Waals surface area contributed by atoms with Gasteiger partial charge < -0.3 is 4.90 Å². The van der Waals surface area contributed by atoms with Gasteiger partial charge >= 0.3 is 0 Å². The molecule has 15 heavy (non-hydrogen) atoms. The summed E-state index contributed by atoms with van der Waals surface area (Å²) < 4.78 is 0. The van der Waals surface area contributed by atoms with Gasteiger partial charge in [0.05, 0.1) is 0 Å². The molecule has 1 aliphatic rings. The molecular formula is C13H16ClN. The Hall–Kier alpha value is -0.950.